The van der Waals surface area contributed by atoms with E-state index in [-0.39, 0.29) is 0 Å². The predicted molar refractivity (Wildman–Crippen MR) is 26.2 cm³/mol. The van der Waals surface area contributed by atoms with E-state index in [1.165, 1.54) is 0 Å². The third-order valence-corrected chi connectivity index (χ3v) is 0.624. The summed E-state index contributed by atoms with van der Waals surface area (Å²) in [6, 6.07) is -0.595. The minimum absolute atomic E-state index is 0.454. The molecule has 0 saturated heterocycles. The van der Waals surface area contributed by atoms with Crippen molar-refractivity contribution in [2.75, 3.05) is 6.54 Å². The van der Waals surface area contributed by atoms with Crippen molar-refractivity contribution in [3.63, 3.8) is 0 Å². The minimum Gasteiger partial charge on any atom is -0.350 e. The first kappa shape index (κ1) is 6.23. The molecule has 0 aliphatic heterocycles. The van der Waals surface area contributed by atoms with E-state index in [0.717, 1.165) is 5.01 Å². The summed E-state index contributed by atoms with van der Waals surface area (Å²) in [5, 5.41) is 0.931. The van der Waals surface area contributed by atoms with Crippen LogP contribution in [-0.2, 0) is 0 Å². The van der Waals surface area contributed by atoms with Crippen LogP contribution in [0.5, 0.6) is 0 Å². The SMILES string of the molecule is CCN(N)C(N)=O. The fourth-order valence-corrected chi connectivity index (χ4v) is 0.156. The van der Waals surface area contributed by atoms with E-state index < -0.39 is 6.03 Å². The molecule has 0 fully saturated rings. The number of nitrogens with zero attached hydrogens (tertiary/aromatic N) is 1. The number of nitrogens with two attached hydrogens (primary N) is 2. The second kappa shape index (κ2) is 2.41. The minimum atomic E-state index is -0.595. The molecule has 0 heterocycles. The summed E-state index contributed by atoms with van der Waals surface area (Å²) < 4.78 is 0. The summed E-state index contributed by atoms with van der Waals surface area (Å²) in [7, 11) is 0. The number of carbonyl (C=O) groups excluding carboxylic acids is 1. The van der Waals surface area contributed by atoms with Crippen LogP contribution in [-0.4, -0.2) is 17.6 Å². The van der Waals surface area contributed by atoms with Crippen molar-refractivity contribution >= 4 is 6.03 Å². The van der Waals surface area contributed by atoms with Gasteiger partial charge in [-0.15, -0.1) is 0 Å². The van der Waals surface area contributed by atoms with E-state index in [2.05, 4.69) is 0 Å². The molecule has 0 aliphatic carbocycles. The molecular weight excluding hydrogens is 94.1 g/mol. The number of rotatable bonds is 1. The van der Waals surface area contributed by atoms with Gasteiger partial charge in [-0.2, -0.15) is 0 Å². The van der Waals surface area contributed by atoms with Crippen LogP contribution in [0.1, 0.15) is 6.92 Å². The molecule has 0 rings (SSSR count). The highest BCUT2D eigenvalue weighted by Crippen LogP contribution is 1.70. The molecule has 42 valence electrons. The van der Waals surface area contributed by atoms with Gasteiger partial charge in [-0.25, -0.2) is 10.6 Å². The normalized spacial score (nSPS) is 8.29. The maximum Gasteiger partial charge on any atom is 0.328 e. The Balaban J connectivity index is 3.34. The molecule has 4 N–H and O–H groups in total. The van der Waals surface area contributed by atoms with Gasteiger partial charge in [-0.05, 0) is 6.92 Å². The maximum absolute atomic E-state index is 9.95. The molecule has 0 atom stereocenters. The number of carbonyl (C=O) groups is 1. The van der Waals surface area contributed by atoms with E-state index in [1.54, 1.807) is 6.92 Å². The fraction of sp³-hybridized carbons (Fsp3) is 0.667. The number of hydrogen-bond acceptors (Lipinski definition) is 2. The van der Waals surface area contributed by atoms with E-state index in [1.807, 2.05) is 0 Å². The van der Waals surface area contributed by atoms with Gasteiger partial charge < -0.3 is 5.73 Å². The largest absolute Gasteiger partial charge is 0.350 e. The number of urea groups is 1. The van der Waals surface area contributed by atoms with Gasteiger partial charge in [0.25, 0.3) is 0 Å². The van der Waals surface area contributed by atoms with Crippen LogP contribution >= 0.6 is 0 Å². The number of amides is 2. The molecule has 0 aliphatic rings. The zero-order chi connectivity index (χ0) is 5.86. The van der Waals surface area contributed by atoms with Crippen LogP contribution in [0.15, 0.2) is 0 Å². The number of primary amides is 1. The van der Waals surface area contributed by atoms with Gasteiger partial charge in [0.15, 0.2) is 0 Å². The van der Waals surface area contributed by atoms with Crippen LogP contribution in [0.25, 0.3) is 0 Å². The molecule has 0 aromatic rings. The third kappa shape index (κ3) is 1.99. The summed E-state index contributed by atoms with van der Waals surface area (Å²) in [4.78, 5) is 9.95. The Morgan fingerprint density at radius 3 is 2.29 bits per heavy atom. The van der Waals surface area contributed by atoms with Gasteiger partial charge in [-0.3, -0.25) is 5.01 Å². The van der Waals surface area contributed by atoms with Crippen molar-refractivity contribution in [2.45, 2.75) is 6.92 Å². The molecule has 0 bridgehead atoms. The molecule has 0 radical (unpaired) electrons. The third-order valence-electron chi connectivity index (χ3n) is 0.624. The Hall–Kier alpha value is -0.770. The first-order valence-corrected chi connectivity index (χ1v) is 2.00. The molecule has 4 heteroatoms. The van der Waals surface area contributed by atoms with Crippen LogP contribution < -0.4 is 11.6 Å². The fourth-order valence-electron chi connectivity index (χ4n) is 0.156. The quantitative estimate of drug-likeness (QED) is 0.260. The summed E-state index contributed by atoms with van der Waals surface area (Å²) in [6.07, 6.45) is 0. The molecule has 0 saturated carbocycles. The van der Waals surface area contributed by atoms with Crippen LogP contribution in [0.4, 0.5) is 4.79 Å². The lowest BCUT2D eigenvalue weighted by Crippen LogP contribution is -2.40. The Kier molecular flexibility index (Phi) is 2.15. The molecular formula is C3H9N3O. The molecule has 2 amide bonds. The zero-order valence-electron chi connectivity index (χ0n) is 4.22. The van der Waals surface area contributed by atoms with Crippen molar-refractivity contribution in [1.82, 2.24) is 5.01 Å². The second-order valence-corrected chi connectivity index (χ2v) is 1.12. The zero-order valence-corrected chi connectivity index (χ0v) is 4.22. The molecule has 0 aromatic carbocycles. The topological polar surface area (TPSA) is 72.3 Å². The number of hydrazine groups is 1. The van der Waals surface area contributed by atoms with Gasteiger partial charge in [0, 0.05) is 6.54 Å². The lowest BCUT2D eigenvalue weighted by Gasteiger charge is -2.07. The Morgan fingerprint density at radius 1 is 1.86 bits per heavy atom. The Labute approximate surface area is 42.0 Å². The van der Waals surface area contributed by atoms with Gasteiger partial charge in [-0.1, -0.05) is 0 Å². The smallest absolute Gasteiger partial charge is 0.328 e. The molecule has 0 unspecified atom stereocenters. The summed E-state index contributed by atoms with van der Waals surface area (Å²) in [5.41, 5.74) is 4.71. The Bertz CT molecular complexity index is 72.6. The maximum atomic E-state index is 9.95. The van der Waals surface area contributed by atoms with Crippen molar-refractivity contribution in [3.8, 4) is 0 Å². The highest BCUT2D eigenvalue weighted by molar-refractivity contribution is 5.71. The monoisotopic (exact) mass is 103 g/mol. The van der Waals surface area contributed by atoms with E-state index in [9.17, 15) is 4.79 Å². The Morgan fingerprint density at radius 2 is 2.29 bits per heavy atom. The average Bonchev–Trinajstić information content (AvgIpc) is 1.65. The lowest BCUT2D eigenvalue weighted by molar-refractivity contribution is 0.211. The van der Waals surface area contributed by atoms with Crippen molar-refractivity contribution < 1.29 is 4.79 Å². The average molecular weight is 103 g/mol. The predicted octanol–water partition coefficient (Wildman–Crippen LogP) is -0.739. The highest BCUT2D eigenvalue weighted by Gasteiger charge is 1.95. The van der Waals surface area contributed by atoms with Crippen LogP contribution in [0.3, 0.4) is 0 Å². The van der Waals surface area contributed by atoms with Crippen molar-refractivity contribution in [3.05, 3.63) is 0 Å². The first-order chi connectivity index (χ1) is 3.18. The lowest BCUT2D eigenvalue weighted by atomic mass is 10.7. The number of hydrogen-bond donors (Lipinski definition) is 2. The van der Waals surface area contributed by atoms with Gasteiger partial charge in [0.1, 0.15) is 0 Å². The van der Waals surface area contributed by atoms with Crippen molar-refractivity contribution in [1.29, 1.82) is 0 Å². The molecule has 7 heavy (non-hydrogen) atoms. The van der Waals surface area contributed by atoms with Crippen LogP contribution in [0.2, 0.25) is 0 Å². The van der Waals surface area contributed by atoms with E-state index in [4.69, 9.17) is 11.6 Å². The molecule has 4 nitrogen and oxygen atoms in total. The van der Waals surface area contributed by atoms with Gasteiger partial charge in [0.2, 0.25) is 0 Å². The first-order valence-electron chi connectivity index (χ1n) is 2.00. The van der Waals surface area contributed by atoms with Gasteiger partial charge in [0.05, 0.1) is 0 Å². The summed E-state index contributed by atoms with van der Waals surface area (Å²) in [6.45, 7) is 2.19. The van der Waals surface area contributed by atoms with Crippen molar-refractivity contribution in [2.24, 2.45) is 11.6 Å². The molecule has 0 aromatic heterocycles. The highest BCUT2D eigenvalue weighted by atomic mass is 16.2. The van der Waals surface area contributed by atoms with Gasteiger partial charge >= 0.3 is 6.03 Å². The standard InChI is InChI=1S/C3H9N3O/c1-2-6(5)3(4)7/h2,5H2,1H3,(H2,4,7). The summed E-state index contributed by atoms with van der Waals surface area (Å²) in [5.74, 6) is 4.97. The second-order valence-electron chi connectivity index (χ2n) is 1.12. The van der Waals surface area contributed by atoms with E-state index >= 15 is 0 Å². The summed E-state index contributed by atoms with van der Waals surface area (Å²) >= 11 is 0. The van der Waals surface area contributed by atoms with Crippen LogP contribution in [0, 0.1) is 0 Å². The molecule has 0 spiro atoms. The van der Waals surface area contributed by atoms with E-state index in [0.29, 0.717) is 6.54 Å².